The molecule has 2 atom stereocenters. The second-order valence-corrected chi connectivity index (χ2v) is 4.04. The van der Waals surface area contributed by atoms with Gasteiger partial charge in [0, 0.05) is 6.42 Å². The Hall–Kier alpha value is -1.46. The summed E-state index contributed by atoms with van der Waals surface area (Å²) in [7, 11) is 0. The first-order valence-corrected chi connectivity index (χ1v) is 5.64. The van der Waals surface area contributed by atoms with Crippen molar-refractivity contribution < 1.29 is 24.8 Å². The van der Waals surface area contributed by atoms with Crippen LogP contribution in [0.1, 0.15) is 19.3 Å². The average molecular weight is 240 g/mol. The first-order chi connectivity index (χ1) is 8.20. The van der Waals surface area contributed by atoms with Crippen LogP contribution in [-0.4, -0.2) is 34.3 Å². The van der Waals surface area contributed by atoms with Crippen molar-refractivity contribution in [1.29, 1.82) is 0 Å². The molecule has 0 aromatic heterocycles. The van der Waals surface area contributed by atoms with Crippen LogP contribution < -0.4 is 4.74 Å². The van der Waals surface area contributed by atoms with Crippen LogP contribution in [0.15, 0.2) is 18.2 Å². The standard InChI is InChI=1S/C12H16O5/c13-7-8-3-1-6-11(16-8)17-10-5-2-4-9(14)12(10)15/h2,4-5,8,11,13-15H,1,3,6-7H2/t8?,11-/m0/s1. The second-order valence-electron chi connectivity index (χ2n) is 4.04. The van der Waals surface area contributed by atoms with Crippen LogP contribution in [0.2, 0.25) is 0 Å². The zero-order valence-corrected chi connectivity index (χ0v) is 9.37. The Morgan fingerprint density at radius 1 is 1.29 bits per heavy atom. The lowest BCUT2D eigenvalue weighted by Gasteiger charge is -2.29. The van der Waals surface area contributed by atoms with E-state index in [9.17, 15) is 10.2 Å². The largest absolute Gasteiger partial charge is 0.504 e. The molecule has 3 N–H and O–H groups in total. The van der Waals surface area contributed by atoms with Gasteiger partial charge in [-0.2, -0.15) is 0 Å². The van der Waals surface area contributed by atoms with Crippen molar-refractivity contribution in [2.24, 2.45) is 0 Å². The predicted molar refractivity (Wildman–Crippen MR) is 60.0 cm³/mol. The third kappa shape index (κ3) is 2.81. The Kier molecular flexibility index (Phi) is 3.71. The molecule has 0 saturated carbocycles. The minimum Gasteiger partial charge on any atom is -0.504 e. The van der Waals surface area contributed by atoms with Gasteiger partial charge in [-0.3, -0.25) is 0 Å². The van der Waals surface area contributed by atoms with Gasteiger partial charge >= 0.3 is 0 Å². The van der Waals surface area contributed by atoms with E-state index in [0.717, 1.165) is 12.8 Å². The Morgan fingerprint density at radius 3 is 2.88 bits per heavy atom. The molecule has 1 aliphatic rings. The van der Waals surface area contributed by atoms with Gasteiger partial charge in [-0.1, -0.05) is 6.07 Å². The monoisotopic (exact) mass is 240 g/mol. The topological polar surface area (TPSA) is 79.2 Å². The Morgan fingerprint density at radius 2 is 2.12 bits per heavy atom. The van der Waals surface area contributed by atoms with Crippen molar-refractivity contribution in [3.05, 3.63) is 18.2 Å². The molecule has 0 spiro atoms. The molecule has 94 valence electrons. The number of para-hydroxylation sites is 1. The summed E-state index contributed by atoms with van der Waals surface area (Å²) in [5, 5.41) is 27.9. The maximum absolute atomic E-state index is 9.57. The summed E-state index contributed by atoms with van der Waals surface area (Å²) in [6.45, 7) is -0.0358. The number of phenols is 2. The highest BCUT2D eigenvalue weighted by molar-refractivity contribution is 5.48. The van der Waals surface area contributed by atoms with Crippen LogP contribution in [0.4, 0.5) is 0 Å². The number of aliphatic hydroxyl groups is 1. The fraction of sp³-hybridized carbons (Fsp3) is 0.500. The zero-order valence-electron chi connectivity index (χ0n) is 9.37. The summed E-state index contributed by atoms with van der Waals surface area (Å²) in [5.41, 5.74) is 0. The summed E-state index contributed by atoms with van der Waals surface area (Å²) in [6, 6.07) is 4.51. The molecule has 0 aliphatic carbocycles. The van der Waals surface area contributed by atoms with E-state index in [1.165, 1.54) is 6.07 Å². The fourth-order valence-electron chi connectivity index (χ4n) is 1.83. The third-order valence-corrected chi connectivity index (χ3v) is 2.75. The van der Waals surface area contributed by atoms with Crippen molar-refractivity contribution in [3.8, 4) is 17.2 Å². The van der Waals surface area contributed by atoms with E-state index in [-0.39, 0.29) is 30.0 Å². The van der Waals surface area contributed by atoms with Crippen molar-refractivity contribution in [2.75, 3.05) is 6.61 Å². The summed E-state index contributed by atoms with van der Waals surface area (Å²) in [6.07, 6.45) is 1.70. The zero-order chi connectivity index (χ0) is 12.3. The number of rotatable bonds is 3. The minimum atomic E-state index is -0.492. The molecule has 1 saturated heterocycles. The van der Waals surface area contributed by atoms with Gasteiger partial charge in [0.05, 0.1) is 12.7 Å². The van der Waals surface area contributed by atoms with Gasteiger partial charge in [-0.05, 0) is 25.0 Å². The van der Waals surface area contributed by atoms with Crippen LogP contribution in [-0.2, 0) is 4.74 Å². The molecule has 2 rings (SSSR count). The van der Waals surface area contributed by atoms with Crippen LogP contribution in [0.5, 0.6) is 17.2 Å². The Balaban J connectivity index is 2.02. The highest BCUT2D eigenvalue weighted by Gasteiger charge is 2.24. The van der Waals surface area contributed by atoms with E-state index in [4.69, 9.17) is 14.6 Å². The minimum absolute atomic E-state index is 0.0358. The lowest BCUT2D eigenvalue weighted by molar-refractivity contribution is -0.158. The number of aromatic hydroxyl groups is 2. The summed E-state index contributed by atoms with van der Waals surface area (Å²) in [4.78, 5) is 0. The number of phenolic OH excluding ortho intramolecular Hbond substituents is 2. The quantitative estimate of drug-likeness (QED) is 0.695. The van der Waals surface area contributed by atoms with Gasteiger partial charge in [-0.25, -0.2) is 0 Å². The molecule has 17 heavy (non-hydrogen) atoms. The van der Waals surface area contributed by atoms with Gasteiger partial charge in [0.25, 0.3) is 0 Å². The summed E-state index contributed by atoms with van der Waals surface area (Å²) < 4.78 is 10.9. The predicted octanol–water partition coefficient (Wildman–Crippen LogP) is 1.36. The molecule has 1 aromatic rings. The van der Waals surface area contributed by atoms with Gasteiger partial charge in [0.15, 0.2) is 17.8 Å². The molecule has 0 amide bonds. The number of ether oxygens (including phenoxy) is 2. The van der Waals surface area contributed by atoms with Crippen molar-refractivity contribution in [3.63, 3.8) is 0 Å². The second kappa shape index (κ2) is 5.25. The van der Waals surface area contributed by atoms with Crippen molar-refractivity contribution in [1.82, 2.24) is 0 Å². The first-order valence-electron chi connectivity index (χ1n) is 5.64. The van der Waals surface area contributed by atoms with E-state index >= 15 is 0 Å². The van der Waals surface area contributed by atoms with Gasteiger partial charge < -0.3 is 24.8 Å². The number of aliphatic hydroxyl groups excluding tert-OH is 1. The Labute approximate surface area is 99.2 Å². The van der Waals surface area contributed by atoms with Gasteiger partial charge in [0.1, 0.15) is 0 Å². The highest BCUT2D eigenvalue weighted by atomic mass is 16.7. The number of hydrogen-bond donors (Lipinski definition) is 3. The molecule has 1 aromatic carbocycles. The molecule has 0 bridgehead atoms. The maximum atomic E-state index is 9.57. The molecule has 1 aliphatic heterocycles. The molecule has 0 radical (unpaired) electrons. The average Bonchev–Trinajstić information content (AvgIpc) is 2.35. The lowest BCUT2D eigenvalue weighted by Crippen LogP contribution is -2.33. The molecule has 1 heterocycles. The van der Waals surface area contributed by atoms with Crippen LogP contribution in [0, 0.1) is 0 Å². The van der Waals surface area contributed by atoms with Crippen LogP contribution >= 0.6 is 0 Å². The first kappa shape index (κ1) is 12.0. The van der Waals surface area contributed by atoms with E-state index in [0.29, 0.717) is 6.42 Å². The summed E-state index contributed by atoms with van der Waals surface area (Å²) in [5.74, 6) is -0.326. The van der Waals surface area contributed by atoms with E-state index < -0.39 is 6.29 Å². The normalized spacial score (nSPS) is 24.5. The Bertz CT molecular complexity index is 379. The van der Waals surface area contributed by atoms with Crippen LogP contribution in [0.25, 0.3) is 0 Å². The maximum Gasteiger partial charge on any atom is 0.200 e. The van der Waals surface area contributed by atoms with Crippen molar-refractivity contribution in [2.45, 2.75) is 31.7 Å². The van der Waals surface area contributed by atoms with Crippen molar-refractivity contribution >= 4 is 0 Å². The molecule has 1 fully saturated rings. The van der Waals surface area contributed by atoms with E-state index in [2.05, 4.69) is 0 Å². The smallest absolute Gasteiger partial charge is 0.200 e. The molecule has 5 heteroatoms. The summed E-state index contributed by atoms with van der Waals surface area (Å²) >= 11 is 0. The van der Waals surface area contributed by atoms with E-state index in [1.54, 1.807) is 12.1 Å². The van der Waals surface area contributed by atoms with E-state index in [1.807, 2.05) is 0 Å². The van der Waals surface area contributed by atoms with Crippen LogP contribution in [0.3, 0.4) is 0 Å². The molecule has 5 nitrogen and oxygen atoms in total. The molecular weight excluding hydrogens is 224 g/mol. The number of hydrogen-bond acceptors (Lipinski definition) is 5. The van der Waals surface area contributed by atoms with Gasteiger partial charge in [-0.15, -0.1) is 0 Å². The number of benzene rings is 1. The highest BCUT2D eigenvalue weighted by Crippen LogP contribution is 2.36. The fourth-order valence-corrected chi connectivity index (χ4v) is 1.83. The molecule has 1 unspecified atom stereocenters. The van der Waals surface area contributed by atoms with Gasteiger partial charge in [0.2, 0.25) is 5.75 Å². The SMILES string of the molecule is OCC1CCC[C@H](Oc2cccc(O)c2O)O1. The lowest BCUT2D eigenvalue weighted by atomic mass is 10.1. The molecular formula is C12H16O5. The third-order valence-electron chi connectivity index (χ3n) is 2.75.